The number of thiophene rings is 1. The normalized spacial score (nSPS) is 10.7. The molecule has 0 aliphatic carbocycles. The summed E-state index contributed by atoms with van der Waals surface area (Å²) >= 11 is 1.11. The van der Waals surface area contributed by atoms with Crippen LogP contribution in [0.2, 0.25) is 0 Å². The molecule has 0 fully saturated rings. The molecular formula is C25H24N2O10S2. The average molecular weight is 577 g/mol. The van der Waals surface area contributed by atoms with Crippen LogP contribution in [-0.4, -0.2) is 66.7 Å². The Morgan fingerprint density at radius 3 is 2.23 bits per heavy atom. The molecular weight excluding hydrogens is 552 g/mol. The monoisotopic (exact) mass is 576 g/mol. The van der Waals surface area contributed by atoms with E-state index in [4.69, 9.17) is 9.47 Å². The van der Waals surface area contributed by atoms with Crippen LogP contribution >= 0.6 is 11.3 Å². The number of methoxy groups -OCH3 is 2. The Hall–Kier alpha value is -4.43. The molecule has 1 heterocycles. The topological polar surface area (TPSA) is 155 Å². The van der Waals surface area contributed by atoms with Gasteiger partial charge in [-0.2, -0.15) is 0 Å². The maximum absolute atomic E-state index is 12.6. The van der Waals surface area contributed by atoms with E-state index in [2.05, 4.69) is 14.8 Å². The maximum atomic E-state index is 12.6. The maximum Gasteiger partial charge on any atom is 0.344 e. The zero-order chi connectivity index (χ0) is 28.6. The number of sulfonamides is 1. The Bertz CT molecular complexity index is 1450. The molecule has 12 nitrogen and oxygen atoms in total. The van der Waals surface area contributed by atoms with Crippen molar-refractivity contribution in [2.24, 2.45) is 0 Å². The van der Waals surface area contributed by atoms with Crippen LogP contribution in [0.4, 0.5) is 11.4 Å². The van der Waals surface area contributed by atoms with Crippen LogP contribution in [0.5, 0.6) is 5.75 Å². The number of carbonyl (C=O) groups excluding carboxylic acids is 4. The minimum atomic E-state index is -3.69. The van der Waals surface area contributed by atoms with E-state index in [1.807, 2.05) is 0 Å². The number of carbonyl (C=O) groups is 4. The molecule has 1 N–H and O–H groups in total. The molecule has 0 aliphatic heterocycles. The summed E-state index contributed by atoms with van der Waals surface area (Å²) in [4.78, 5) is 48.2. The number of ether oxygens (including phenoxy) is 4. The van der Waals surface area contributed by atoms with E-state index >= 15 is 0 Å². The number of amides is 1. The molecule has 2 aromatic carbocycles. The first-order valence-electron chi connectivity index (χ1n) is 11.1. The van der Waals surface area contributed by atoms with Crippen molar-refractivity contribution in [1.29, 1.82) is 0 Å². The Balaban J connectivity index is 1.53. The SMILES string of the molecule is COC(=O)c1ccc(C(=O)OC)c(NC(=O)COC(=O)COc2ccc(N(C)S(=O)(=O)c3cccs3)cc2)c1. The molecule has 3 rings (SSSR count). The van der Waals surface area contributed by atoms with E-state index in [0.717, 1.165) is 22.8 Å². The van der Waals surface area contributed by atoms with E-state index in [9.17, 15) is 27.6 Å². The molecule has 0 spiro atoms. The molecule has 0 unspecified atom stereocenters. The Labute approximate surface area is 228 Å². The van der Waals surface area contributed by atoms with E-state index in [0.29, 0.717) is 5.69 Å². The van der Waals surface area contributed by atoms with Crippen molar-refractivity contribution in [1.82, 2.24) is 0 Å². The molecule has 0 saturated carbocycles. The lowest BCUT2D eigenvalue weighted by Gasteiger charge is -2.18. The summed E-state index contributed by atoms with van der Waals surface area (Å²) in [5, 5.41) is 4.06. The van der Waals surface area contributed by atoms with Gasteiger partial charge in [-0.15, -0.1) is 11.3 Å². The molecule has 206 valence electrons. The van der Waals surface area contributed by atoms with Crippen molar-refractivity contribution >= 4 is 56.5 Å². The highest BCUT2D eigenvalue weighted by molar-refractivity contribution is 7.94. The Morgan fingerprint density at radius 2 is 1.62 bits per heavy atom. The highest BCUT2D eigenvalue weighted by atomic mass is 32.2. The molecule has 14 heteroatoms. The van der Waals surface area contributed by atoms with Gasteiger partial charge in [0.1, 0.15) is 9.96 Å². The standard InChI is InChI=1S/C25H24N2O10S2/c1-27(39(32,33)23-5-4-12-38-23)17-7-9-18(10-8-17)36-15-22(29)37-14-21(28)26-20-13-16(24(30)34-2)6-11-19(20)25(31)35-3/h4-13H,14-15H2,1-3H3,(H,26,28). The molecule has 0 radical (unpaired) electrons. The third-order valence-corrected chi connectivity index (χ3v) is 8.31. The van der Waals surface area contributed by atoms with E-state index in [-0.39, 0.29) is 26.8 Å². The zero-order valence-corrected chi connectivity index (χ0v) is 22.7. The van der Waals surface area contributed by atoms with Gasteiger partial charge in [0, 0.05) is 7.05 Å². The Kier molecular flexibility index (Phi) is 9.62. The minimum absolute atomic E-state index is 0.0227. The fourth-order valence-electron chi connectivity index (χ4n) is 3.13. The van der Waals surface area contributed by atoms with E-state index in [1.165, 1.54) is 62.7 Å². The van der Waals surface area contributed by atoms with Crippen LogP contribution in [0.1, 0.15) is 20.7 Å². The van der Waals surface area contributed by atoms with Gasteiger partial charge < -0.3 is 24.3 Å². The summed E-state index contributed by atoms with van der Waals surface area (Å²) in [7, 11) is 0.0676. The largest absolute Gasteiger partial charge is 0.482 e. The number of rotatable bonds is 11. The molecule has 0 aliphatic rings. The summed E-state index contributed by atoms with van der Waals surface area (Å²) in [6.07, 6.45) is 0. The molecule has 0 atom stereocenters. The second-order valence-corrected chi connectivity index (χ2v) is 10.8. The predicted molar refractivity (Wildman–Crippen MR) is 141 cm³/mol. The number of esters is 3. The van der Waals surface area contributed by atoms with Gasteiger partial charge in [-0.05, 0) is 53.9 Å². The Morgan fingerprint density at radius 1 is 0.923 bits per heavy atom. The summed E-state index contributed by atoms with van der Waals surface area (Å²) < 4.78 is 46.1. The van der Waals surface area contributed by atoms with Gasteiger partial charge in [0.2, 0.25) is 0 Å². The van der Waals surface area contributed by atoms with Crippen molar-refractivity contribution in [3.05, 3.63) is 71.1 Å². The van der Waals surface area contributed by atoms with Crippen molar-refractivity contribution in [2.75, 3.05) is 44.1 Å². The van der Waals surface area contributed by atoms with Gasteiger partial charge in [-0.25, -0.2) is 22.8 Å². The highest BCUT2D eigenvalue weighted by Crippen LogP contribution is 2.26. The van der Waals surface area contributed by atoms with Crippen molar-refractivity contribution < 1.29 is 46.5 Å². The molecule has 3 aromatic rings. The van der Waals surface area contributed by atoms with Crippen molar-refractivity contribution in [3.8, 4) is 5.75 Å². The number of anilines is 2. The van der Waals surface area contributed by atoms with E-state index < -0.39 is 47.1 Å². The summed E-state index contributed by atoms with van der Waals surface area (Å²) in [6.45, 7) is -1.23. The molecule has 0 saturated heterocycles. The fourth-order valence-corrected chi connectivity index (χ4v) is 5.49. The lowest BCUT2D eigenvalue weighted by atomic mass is 10.1. The van der Waals surface area contributed by atoms with Crippen molar-refractivity contribution in [3.63, 3.8) is 0 Å². The van der Waals surface area contributed by atoms with Crippen molar-refractivity contribution in [2.45, 2.75) is 4.21 Å². The molecule has 1 aromatic heterocycles. The third-order valence-electron chi connectivity index (χ3n) is 5.15. The fraction of sp³-hybridized carbons (Fsp3) is 0.200. The van der Waals surface area contributed by atoms with Crippen LogP contribution in [0.3, 0.4) is 0 Å². The first-order valence-corrected chi connectivity index (χ1v) is 13.4. The molecule has 1 amide bonds. The summed E-state index contributed by atoms with van der Waals surface area (Å²) in [5.41, 5.74) is 0.406. The first kappa shape index (κ1) is 29.1. The highest BCUT2D eigenvalue weighted by Gasteiger charge is 2.22. The second-order valence-electron chi connectivity index (χ2n) is 7.64. The van der Waals surface area contributed by atoms with Crippen LogP contribution in [-0.2, 0) is 33.8 Å². The smallest absolute Gasteiger partial charge is 0.344 e. The lowest BCUT2D eigenvalue weighted by molar-refractivity contribution is -0.149. The number of benzene rings is 2. The van der Waals surface area contributed by atoms with Crippen LogP contribution in [0, 0.1) is 0 Å². The molecule has 39 heavy (non-hydrogen) atoms. The van der Waals surface area contributed by atoms with Crippen LogP contribution in [0.15, 0.2) is 64.2 Å². The quantitative estimate of drug-likeness (QED) is 0.266. The van der Waals surface area contributed by atoms with Gasteiger partial charge in [0.15, 0.2) is 13.2 Å². The molecule has 0 bridgehead atoms. The van der Waals surface area contributed by atoms with E-state index in [1.54, 1.807) is 11.4 Å². The zero-order valence-electron chi connectivity index (χ0n) is 21.0. The number of hydrogen-bond acceptors (Lipinski definition) is 11. The number of hydrogen-bond donors (Lipinski definition) is 1. The summed E-state index contributed by atoms with van der Waals surface area (Å²) in [6, 6.07) is 13.0. The van der Waals surface area contributed by atoms with Gasteiger partial charge in [0.25, 0.3) is 15.9 Å². The second kappa shape index (κ2) is 12.9. The summed E-state index contributed by atoms with van der Waals surface area (Å²) in [5.74, 6) is -2.81. The van der Waals surface area contributed by atoms with Gasteiger partial charge in [-0.1, -0.05) is 6.07 Å². The van der Waals surface area contributed by atoms with Gasteiger partial charge in [0.05, 0.1) is 36.7 Å². The number of nitrogens with one attached hydrogen (secondary N) is 1. The predicted octanol–water partition coefficient (Wildman–Crippen LogP) is 2.71. The van der Waals surface area contributed by atoms with Gasteiger partial charge >= 0.3 is 17.9 Å². The van der Waals surface area contributed by atoms with Crippen LogP contribution < -0.4 is 14.4 Å². The van der Waals surface area contributed by atoms with Crippen LogP contribution in [0.25, 0.3) is 0 Å². The average Bonchev–Trinajstić information content (AvgIpc) is 3.50. The van der Waals surface area contributed by atoms with Gasteiger partial charge in [-0.3, -0.25) is 9.10 Å². The third kappa shape index (κ3) is 7.33. The lowest BCUT2D eigenvalue weighted by Crippen LogP contribution is -2.25. The number of nitrogens with zero attached hydrogens (tertiary/aromatic N) is 1. The minimum Gasteiger partial charge on any atom is -0.482 e. The first-order chi connectivity index (χ1) is 18.6.